The van der Waals surface area contributed by atoms with E-state index in [0.29, 0.717) is 19.6 Å². The molecule has 1 heterocycles. The minimum Gasteiger partial charge on any atom is -0.393 e. The third-order valence-electron chi connectivity index (χ3n) is 2.92. The van der Waals surface area contributed by atoms with Gasteiger partial charge < -0.3 is 14.6 Å². The molecule has 0 spiro atoms. The zero-order valence-corrected chi connectivity index (χ0v) is 9.56. The fourth-order valence-corrected chi connectivity index (χ4v) is 2.01. The maximum atomic E-state index is 9.58. The molecule has 1 aliphatic heterocycles. The van der Waals surface area contributed by atoms with Crippen LogP contribution in [0, 0.1) is 0 Å². The molecule has 0 radical (unpaired) electrons. The first-order valence-electron chi connectivity index (χ1n) is 5.67. The smallest absolute Gasteiger partial charge is 0.0849 e. The van der Waals surface area contributed by atoms with E-state index >= 15 is 0 Å². The molecule has 1 aliphatic rings. The molecule has 3 heteroatoms. The molecule has 1 aromatic carbocycles. The Kier molecular flexibility index (Phi) is 3.93. The van der Waals surface area contributed by atoms with Crippen LogP contribution in [0.5, 0.6) is 0 Å². The van der Waals surface area contributed by atoms with Crippen molar-refractivity contribution in [3.8, 4) is 0 Å². The standard InChI is InChI=1S/C13H18O3/c1-15-9-10-2-4-11(5-3-10)13-8-12(14)6-7-16-13/h2-5,12-14H,6-9H2,1H3. The molecular formula is C13H18O3. The highest BCUT2D eigenvalue weighted by Gasteiger charge is 2.21. The molecule has 16 heavy (non-hydrogen) atoms. The molecular weight excluding hydrogens is 204 g/mol. The first-order chi connectivity index (χ1) is 7.79. The Labute approximate surface area is 96.0 Å². The van der Waals surface area contributed by atoms with E-state index in [1.54, 1.807) is 7.11 Å². The molecule has 3 nitrogen and oxygen atoms in total. The summed E-state index contributed by atoms with van der Waals surface area (Å²) in [5.41, 5.74) is 2.29. The molecule has 88 valence electrons. The second-order valence-electron chi connectivity index (χ2n) is 4.21. The van der Waals surface area contributed by atoms with Gasteiger partial charge in [-0.05, 0) is 17.5 Å². The van der Waals surface area contributed by atoms with Gasteiger partial charge in [-0.3, -0.25) is 0 Å². The van der Waals surface area contributed by atoms with Gasteiger partial charge in [0.25, 0.3) is 0 Å². The predicted molar refractivity (Wildman–Crippen MR) is 61.1 cm³/mol. The minimum atomic E-state index is -0.225. The van der Waals surface area contributed by atoms with Gasteiger partial charge in [-0.2, -0.15) is 0 Å². The van der Waals surface area contributed by atoms with Gasteiger partial charge in [-0.25, -0.2) is 0 Å². The average Bonchev–Trinajstić information content (AvgIpc) is 2.30. The lowest BCUT2D eigenvalue weighted by Gasteiger charge is -2.26. The molecule has 0 saturated carbocycles. The second kappa shape index (κ2) is 5.43. The maximum absolute atomic E-state index is 9.58. The summed E-state index contributed by atoms with van der Waals surface area (Å²) in [6.07, 6.45) is 1.26. The summed E-state index contributed by atoms with van der Waals surface area (Å²) >= 11 is 0. The second-order valence-corrected chi connectivity index (χ2v) is 4.21. The quantitative estimate of drug-likeness (QED) is 0.850. The van der Waals surface area contributed by atoms with Crippen LogP contribution < -0.4 is 0 Å². The number of hydrogen-bond acceptors (Lipinski definition) is 3. The third kappa shape index (κ3) is 2.82. The fourth-order valence-electron chi connectivity index (χ4n) is 2.01. The Morgan fingerprint density at radius 1 is 1.38 bits per heavy atom. The van der Waals surface area contributed by atoms with E-state index in [1.807, 2.05) is 12.1 Å². The lowest BCUT2D eigenvalue weighted by molar-refractivity contribution is -0.0448. The normalized spacial score (nSPS) is 25.6. The van der Waals surface area contributed by atoms with Crippen LogP contribution in [-0.4, -0.2) is 24.9 Å². The summed E-state index contributed by atoms with van der Waals surface area (Å²) in [5, 5.41) is 9.58. The number of ether oxygens (including phenoxy) is 2. The van der Waals surface area contributed by atoms with E-state index < -0.39 is 0 Å². The van der Waals surface area contributed by atoms with E-state index in [-0.39, 0.29) is 12.2 Å². The average molecular weight is 222 g/mol. The Morgan fingerprint density at radius 2 is 2.12 bits per heavy atom. The Morgan fingerprint density at radius 3 is 2.75 bits per heavy atom. The van der Waals surface area contributed by atoms with Gasteiger partial charge in [-0.1, -0.05) is 24.3 Å². The topological polar surface area (TPSA) is 38.7 Å². The van der Waals surface area contributed by atoms with Crippen LogP contribution in [0.25, 0.3) is 0 Å². The Hall–Kier alpha value is -0.900. The molecule has 1 aromatic rings. The summed E-state index contributed by atoms with van der Waals surface area (Å²) in [4.78, 5) is 0. The molecule has 0 aromatic heterocycles. The SMILES string of the molecule is COCc1ccc(C2CC(O)CCO2)cc1. The molecule has 1 saturated heterocycles. The summed E-state index contributed by atoms with van der Waals surface area (Å²) < 4.78 is 10.7. The first-order valence-corrected chi connectivity index (χ1v) is 5.67. The van der Waals surface area contributed by atoms with E-state index in [0.717, 1.165) is 17.5 Å². The largest absolute Gasteiger partial charge is 0.393 e. The molecule has 1 fully saturated rings. The van der Waals surface area contributed by atoms with E-state index in [4.69, 9.17) is 9.47 Å². The Balaban J connectivity index is 2.03. The summed E-state index contributed by atoms with van der Waals surface area (Å²) in [6, 6.07) is 8.19. The van der Waals surface area contributed by atoms with Crippen molar-refractivity contribution in [2.45, 2.75) is 31.7 Å². The van der Waals surface area contributed by atoms with Crippen molar-refractivity contribution in [3.63, 3.8) is 0 Å². The fraction of sp³-hybridized carbons (Fsp3) is 0.538. The van der Waals surface area contributed by atoms with Crippen molar-refractivity contribution in [2.75, 3.05) is 13.7 Å². The Bertz CT molecular complexity index is 320. The van der Waals surface area contributed by atoms with E-state index in [1.165, 1.54) is 0 Å². The van der Waals surface area contributed by atoms with Gasteiger partial charge in [0.1, 0.15) is 0 Å². The van der Waals surface area contributed by atoms with Crippen molar-refractivity contribution in [2.24, 2.45) is 0 Å². The van der Waals surface area contributed by atoms with Crippen LogP contribution >= 0.6 is 0 Å². The molecule has 0 amide bonds. The van der Waals surface area contributed by atoms with Crippen LogP contribution in [0.4, 0.5) is 0 Å². The molecule has 0 bridgehead atoms. The van der Waals surface area contributed by atoms with Gasteiger partial charge in [0.05, 0.1) is 18.8 Å². The summed E-state index contributed by atoms with van der Waals surface area (Å²) in [6.45, 7) is 1.28. The van der Waals surface area contributed by atoms with Gasteiger partial charge in [0.2, 0.25) is 0 Å². The number of methoxy groups -OCH3 is 1. The van der Waals surface area contributed by atoms with Gasteiger partial charge in [0, 0.05) is 20.1 Å². The predicted octanol–water partition coefficient (Wildman–Crippen LogP) is 2.05. The first kappa shape index (κ1) is 11.6. The number of aliphatic hydroxyl groups excluding tert-OH is 1. The van der Waals surface area contributed by atoms with Crippen molar-refractivity contribution in [1.29, 1.82) is 0 Å². The zero-order valence-electron chi connectivity index (χ0n) is 9.56. The molecule has 2 atom stereocenters. The van der Waals surface area contributed by atoms with Crippen LogP contribution in [0.3, 0.4) is 0 Å². The maximum Gasteiger partial charge on any atom is 0.0849 e. The molecule has 2 unspecified atom stereocenters. The third-order valence-corrected chi connectivity index (χ3v) is 2.92. The highest BCUT2D eigenvalue weighted by molar-refractivity contribution is 5.24. The molecule has 0 aliphatic carbocycles. The highest BCUT2D eigenvalue weighted by Crippen LogP contribution is 2.28. The van der Waals surface area contributed by atoms with Gasteiger partial charge in [-0.15, -0.1) is 0 Å². The van der Waals surface area contributed by atoms with Gasteiger partial charge >= 0.3 is 0 Å². The minimum absolute atomic E-state index is 0.0420. The van der Waals surface area contributed by atoms with Crippen molar-refractivity contribution in [1.82, 2.24) is 0 Å². The van der Waals surface area contributed by atoms with Crippen LogP contribution in [0.15, 0.2) is 24.3 Å². The monoisotopic (exact) mass is 222 g/mol. The summed E-state index contributed by atoms with van der Waals surface area (Å²) in [5.74, 6) is 0. The van der Waals surface area contributed by atoms with Crippen LogP contribution in [0.1, 0.15) is 30.1 Å². The number of hydrogen-bond donors (Lipinski definition) is 1. The zero-order chi connectivity index (χ0) is 11.4. The highest BCUT2D eigenvalue weighted by atomic mass is 16.5. The van der Waals surface area contributed by atoms with Crippen LogP contribution in [-0.2, 0) is 16.1 Å². The molecule has 2 rings (SSSR count). The lowest BCUT2D eigenvalue weighted by Crippen LogP contribution is -2.23. The lowest BCUT2D eigenvalue weighted by atomic mass is 9.98. The summed E-state index contributed by atoms with van der Waals surface area (Å²) in [7, 11) is 1.69. The van der Waals surface area contributed by atoms with Crippen molar-refractivity contribution >= 4 is 0 Å². The van der Waals surface area contributed by atoms with Gasteiger partial charge in [0.15, 0.2) is 0 Å². The van der Waals surface area contributed by atoms with Crippen molar-refractivity contribution in [3.05, 3.63) is 35.4 Å². The van der Waals surface area contributed by atoms with E-state index in [9.17, 15) is 5.11 Å². The number of benzene rings is 1. The van der Waals surface area contributed by atoms with Crippen molar-refractivity contribution < 1.29 is 14.6 Å². The number of aliphatic hydroxyl groups is 1. The van der Waals surface area contributed by atoms with Crippen LogP contribution in [0.2, 0.25) is 0 Å². The number of rotatable bonds is 3. The van der Waals surface area contributed by atoms with E-state index in [2.05, 4.69) is 12.1 Å². The molecule has 1 N–H and O–H groups in total.